The topological polar surface area (TPSA) is 8.81 Å². The lowest BCUT2D eigenvalue weighted by molar-refractivity contribution is -0.576. The predicted octanol–water partition coefficient (Wildman–Crippen LogP) is 8.87. The van der Waals surface area contributed by atoms with E-state index in [9.17, 15) is 17.3 Å². The van der Waals surface area contributed by atoms with Crippen molar-refractivity contribution in [2.24, 2.45) is 0 Å². The van der Waals surface area contributed by atoms with Gasteiger partial charge in [-0.1, -0.05) is 98.7 Å². The van der Waals surface area contributed by atoms with E-state index >= 15 is 0 Å². The van der Waals surface area contributed by atoms with Gasteiger partial charge in [-0.25, -0.2) is 0 Å². The first kappa shape index (κ1) is 31.1. The van der Waals surface area contributed by atoms with E-state index in [-0.39, 0.29) is 0 Å². The lowest BCUT2D eigenvalue weighted by Gasteiger charge is -2.19. The summed E-state index contributed by atoms with van der Waals surface area (Å²) >= 11 is 0. The average Bonchev–Trinajstić information content (AvgIpc) is 3.19. The number of hydrogen-bond acceptors (Lipinski definition) is 0. The summed E-state index contributed by atoms with van der Waals surface area (Å²) < 4.78 is 44.0. The minimum absolute atomic E-state index is 0.478. The second-order valence-corrected chi connectivity index (χ2v) is 12.1. The molecule has 0 aliphatic rings. The molecule has 0 saturated carbocycles. The Hall–Kier alpha value is -2.14. The van der Waals surface area contributed by atoms with Gasteiger partial charge in [0.25, 0.3) is 5.57 Å². The molecule has 0 radical (unpaired) electrons. The number of halogens is 4. The molecule has 3 rings (SSSR count). The monoisotopic (exact) mass is 536 g/mol. The maximum Gasteiger partial charge on any atom is 0.673 e. The van der Waals surface area contributed by atoms with Crippen LogP contribution in [0, 0.1) is 0 Å². The molecule has 3 aromatic rings. The first-order valence-corrected chi connectivity index (χ1v) is 14.4. The van der Waals surface area contributed by atoms with Crippen LogP contribution in [0.2, 0.25) is 0 Å². The number of imidazole rings is 1. The standard InChI is InChI=1S/C29H42N2P.BF4/c1-10-32-29-30(27-23(19(2)3)13-11-14-24(27)20(4)5)17-18-31(29)28-25(21(6)7)15-12-16-26(28)22(8)9;2-1(3,4)5/h11-22,32H,10H2,1-9H3;/q+1;-1. The predicted molar refractivity (Wildman–Crippen MR) is 152 cm³/mol. The molecule has 0 aliphatic heterocycles. The van der Waals surface area contributed by atoms with Crippen molar-refractivity contribution < 1.29 is 21.8 Å². The van der Waals surface area contributed by atoms with Gasteiger partial charge in [-0.2, -0.15) is 9.13 Å². The highest BCUT2D eigenvalue weighted by Gasteiger charge is 2.29. The fourth-order valence-electron chi connectivity index (χ4n) is 4.66. The van der Waals surface area contributed by atoms with Gasteiger partial charge >= 0.3 is 7.25 Å². The Balaban J connectivity index is 0.000000877. The van der Waals surface area contributed by atoms with Crippen LogP contribution in [0.4, 0.5) is 17.3 Å². The van der Waals surface area contributed by atoms with E-state index in [4.69, 9.17) is 0 Å². The molecule has 2 aromatic carbocycles. The van der Waals surface area contributed by atoms with Crippen LogP contribution in [0.1, 0.15) is 108 Å². The summed E-state index contributed by atoms with van der Waals surface area (Å²) in [7, 11) is -5.25. The Morgan fingerprint density at radius 1 is 0.730 bits per heavy atom. The molecule has 1 aromatic heterocycles. The SMILES string of the molecule is CCPc1n(-c2c(C(C)C)cccc2C(C)C)cc[n+]1-c1c(C(C)C)cccc1C(C)C.F[B-](F)(F)F. The highest BCUT2D eigenvalue weighted by atomic mass is 31.1. The van der Waals surface area contributed by atoms with Crippen LogP contribution in [0.25, 0.3) is 11.4 Å². The van der Waals surface area contributed by atoms with E-state index in [1.165, 1.54) is 39.2 Å². The van der Waals surface area contributed by atoms with E-state index in [1.807, 2.05) is 0 Å². The van der Waals surface area contributed by atoms with Gasteiger partial charge in [-0.15, -0.1) is 0 Å². The minimum Gasteiger partial charge on any atom is -0.418 e. The molecule has 8 heteroatoms. The van der Waals surface area contributed by atoms with Crippen molar-refractivity contribution in [2.45, 2.75) is 86.0 Å². The zero-order valence-electron chi connectivity index (χ0n) is 23.6. The lowest BCUT2D eigenvalue weighted by Crippen LogP contribution is -2.46. The fraction of sp³-hybridized carbons (Fsp3) is 0.483. The van der Waals surface area contributed by atoms with Crippen LogP contribution in [0.15, 0.2) is 48.8 Å². The normalized spacial score (nSPS) is 12.4. The second kappa shape index (κ2) is 13.1. The van der Waals surface area contributed by atoms with Gasteiger partial charge in [0.15, 0.2) is 0 Å². The first-order chi connectivity index (χ1) is 17.2. The highest BCUT2D eigenvalue weighted by Crippen LogP contribution is 2.33. The van der Waals surface area contributed by atoms with Crippen LogP contribution in [0.3, 0.4) is 0 Å². The van der Waals surface area contributed by atoms with Crippen molar-refractivity contribution >= 4 is 21.4 Å². The van der Waals surface area contributed by atoms with Crippen LogP contribution in [-0.4, -0.2) is 18.0 Å². The Bertz CT molecular complexity index is 1030. The summed E-state index contributed by atoms with van der Waals surface area (Å²) in [6.45, 7) is 20.8. The highest BCUT2D eigenvalue weighted by molar-refractivity contribution is 7.46. The molecule has 0 amide bonds. The van der Waals surface area contributed by atoms with Gasteiger partial charge in [-0.3, -0.25) is 0 Å². The van der Waals surface area contributed by atoms with Crippen LogP contribution in [0.5, 0.6) is 0 Å². The lowest BCUT2D eigenvalue weighted by atomic mass is 9.92. The van der Waals surface area contributed by atoms with Crippen molar-refractivity contribution in [3.63, 3.8) is 0 Å². The molecule has 1 atom stereocenters. The van der Waals surface area contributed by atoms with E-state index < -0.39 is 7.25 Å². The molecule has 0 spiro atoms. The third kappa shape index (κ3) is 7.93. The maximum atomic E-state index is 9.75. The number of rotatable bonds is 8. The van der Waals surface area contributed by atoms with Gasteiger partial charge in [0, 0.05) is 30.8 Å². The zero-order valence-corrected chi connectivity index (χ0v) is 24.6. The second-order valence-electron chi connectivity index (χ2n) is 10.6. The summed E-state index contributed by atoms with van der Waals surface area (Å²) in [4.78, 5) is 0. The third-order valence-corrected chi connectivity index (χ3v) is 7.47. The maximum absolute atomic E-state index is 9.75. The van der Waals surface area contributed by atoms with Gasteiger partial charge in [0.2, 0.25) is 0 Å². The number of aromatic nitrogens is 2. The number of hydrogen-bond donors (Lipinski definition) is 0. The molecule has 2 nitrogen and oxygen atoms in total. The van der Waals surface area contributed by atoms with Gasteiger partial charge < -0.3 is 17.3 Å². The van der Waals surface area contributed by atoms with Gasteiger partial charge in [0.1, 0.15) is 23.8 Å². The Kier molecular flexibility index (Phi) is 11.0. The molecule has 0 bridgehead atoms. The molecule has 0 N–H and O–H groups in total. The molecule has 0 fully saturated rings. The Morgan fingerprint density at radius 2 is 1.11 bits per heavy atom. The van der Waals surface area contributed by atoms with E-state index in [0.717, 1.165) is 14.7 Å². The molecular weight excluding hydrogens is 494 g/mol. The smallest absolute Gasteiger partial charge is 0.418 e. The molecule has 1 heterocycles. The largest absolute Gasteiger partial charge is 0.673 e. The van der Waals surface area contributed by atoms with Crippen molar-refractivity contribution in [1.82, 2.24) is 4.57 Å². The molecule has 0 saturated heterocycles. The number of benzene rings is 2. The van der Waals surface area contributed by atoms with Crippen molar-refractivity contribution in [3.8, 4) is 11.4 Å². The molecule has 204 valence electrons. The van der Waals surface area contributed by atoms with Crippen molar-refractivity contribution in [2.75, 3.05) is 6.16 Å². The quantitative estimate of drug-likeness (QED) is 0.118. The Labute approximate surface area is 222 Å². The van der Waals surface area contributed by atoms with Crippen molar-refractivity contribution in [1.29, 1.82) is 0 Å². The first-order valence-electron chi connectivity index (χ1n) is 13.2. The average molecular weight is 536 g/mol. The van der Waals surface area contributed by atoms with Crippen LogP contribution >= 0.6 is 8.58 Å². The molecule has 1 unspecified atom stereocenters. The number of nitrogens with zero attached hydrogens (tertiary/aromatic N) is 2. The summed E-state index contributed by atoms with van der Waals surface area (Å²) in [6.07, 6.45) is 5.77. The summed E-state index contributed by atoms with van der Waals surface area (Å²) in [5.41, 5.74) is 9.91. The van der Waals surface area contributed by atoms with Gasteiger partial charge in [-0.05, 0) is 29.8 Å². The molecule has 37 heavy (non-hydrogen) atoms. The zero-order chi connectivity index (χ0) is 28.1. The molecular formula is C29H42BF4N2P. The van der Waals surface area contributed by atoms with E-state index in [2.05, 4.69) is 120 Å². The third-order valence-electron chi connectivity index (χ3n) is 6.32. The molecule has 0 aliphatic carbocycles. The minimum atomic E-state index is -6.00. The Morgan fingerprint density at radius 3 is 1.46 bits per heavy atom. The number of para-hydroxylation sites is 2. The fourth-order valence-corrected chi connectivity index (χ4v) is 5.69. The summed E-state index contributed by atoms with van der Waals surface area (Å²) in [5.74, 6) is 1.91. The summed E-state index contributed by atoms with van der Waals surface area (Å²) in [5, 5.41) is 0. The van der Waals surface area contributed by atoms with E-state index in [1.54, 1.807) is 0 Å². The van der Waals surface area contributed by atoms with Gasteiger partial charge in [0.05, 0.1) is 0 Å². The van der Waals surface area contributed by atoms with Crippen LogP contribution < -0.4 is 10.1 Å². The van der Waals surface area contributed by atoms with Crippen molar-refractivity contribution in [3.05, 3.63) is 71.0 Å². The summed E-state index contributed by atoms with van der Waals surface area (Å²) in [6, 6.07) is 13.7. The van der Waals surface area contributed by atoms with E-state index in [0.29, 0.717) is 23.7 Å². The van der Waals surface area contributed by atoms with Crippen LogP contribution in [-0.2, 0) is 0 Å².